The summed E-state index contributed by atoms with van der Waals surface area (Å²) >= 11 is 0. The molecule has 4 N–H and O–H groups in total. The van der Waals surface area contributed by atoms with E-state index in [2.05, 4.69) is 25.1 Å². The van der Waals surface area contributed by atoms with Gasteiger partial charge < -0.3 is 15.9 Å². The number of hydrogen-bond acceptors (Lipinski definition) is 3. The van der Waals surface area contributed by atoms with Gasteiger partial charge in [-0.3, -0.25) is 4.79 Å². The maximum Gasteiger partial charge on any atom is 0.248 e. The molecule has 0 spiro atoms. The monoisotopic (exact) mass is 417 g/mol. The van der Waals surface area contributed by atoms with E-state index in [4.69, 9.17) is 5.73 Å². The topological polar surface area (TPSA) is 83.5 Å². The minimum absolute atomic E-state index is 0.0724. The zero-order chi connectivity index (χ0) is 22.0. The highest BCUT2D eigenvalue weighted by molar-refractivity contribution is 5.92. The molecule has 0 saturated heterocycles. The minimum Gasteiger partial charge on any atom is -0.392 e. The van der Waals surface area contributed by atoms with Crippen molar-refractivity contribution in [1.82, 2.24) is 0 Å². The second kappa shape index (κ2) is 9.21. The van der Waals surface area contributed by atoms with Crippen molar-refractivity contribution in [3.63, 3.8) is 0 Å². The summed E-state index contributed by atoms with van der Waals surface area (Å²) in [5.74, 6) is 0.438. The fraction of sp³-hybridized carbons (Fsp3) is 0.370. The Labute approximate surface area is 184 Å². The maximum absolute atomic E-state index is 11.2. The van der Waals surface area contributed by atoms with Gasteiger partial charge in [-0.05, 0) is 61.3 Å². The zero-order valence-electron chi connectivity index (χ0n) is 17.9. The lowest BCUT2D eigenvalue weighted by atomic mass is 9.88. The van der Waals surface area contributed by atoms with E-state index >= 15 is 0 Å². The molecule has 1 fully saturated rings. The zero-order valence-corrected chi connectivity index (χ0v) is 17.9. The molecule has 0 aliphatic heterocycles. The molecule has 0 unspecified atom stereocenters. The van der Waals surface area contributed by atoms with E-state index in [9.17, 15) is 15.0 Å². The number of carbonyl (C=O) groups excluding carboxylic acids is 1. The summed E-state index contributed by atoms with van der Waals surface area (Å²) in [6.45, 7) is 2.05. The highest BCUT2D eigenvalue weighted by Crippen LogP contribution is 2.47. The molecule has 1 saturated carbocycles. The number of aliphatic hydroxyl groups excluding tert-OH is 2. The highest BCUT2D eigenvalue weighted by Gasteiger charge is 2.43. The first-order valence-corrected chi connectivity index (χ1v) is 11.1. The Hall–Kier alpha value is -2.69. The van der Waals surface area contributed by atoms with Crippen LogP contribution in [0.1, 0.15) is 39.9 Å². The fourth-order valence-corrected chi connectivity index (χ4v) is 5.19. The van der Waals surface area contributed by atoms with E-state index in [1.165, 1.54) is 11.1 Å². The number of benzene rings is 2. The van der Waals surface area contributed by atoms with Gasteiger partial charge in [-0.2, -0.15) is 0 Å². The quantitative estimate of drug-likeness (QED) is 0.600. The van der Waals surface area contributed by atoms with E-state index in [0.717, 1.165) is 30.4 Å². The van der Waals surface area contributed by atoms with Crippen LogP contribution in [0.3, 0.4) is 0 Å². The number of fused-ring (bicyclic) bond motifs is 1. The standard InChI is InChI=1S/C27H31NO3/c1-17-3-2-4-19(11-17)14-23(29)9-10-24-25-15-20(13-22(25)16-26(24)30)12-18-5-7-21(8-6-18)27(28)31/h2-11,13,22-26,29-30H,12,14-16H2,1H3,(H2,28,31)/t22-,23-,24+,25-,26+/m0/s1. The number of primary amides is 1. The van der Waals surface area contributed by atoms with Gasteiger partial charge in [0.1, 0.15) is 0 Å². The molecule has 5 atom stereocenters. The molecule has 0 heterocycles. The third kappa shape index (κ3) is 5.15. The summed E-state index contributed by atoms with van der Waals surface area (Å²) in [7, 11) is 0. The van der Waals surface area contributed by atoms with Crippen molar-refractivity contribution in [2.45, 2.75) is 44.8 Å². The van der Waals surface area contributed by atoms with Crippen molar-refractivity contribution in [2.75, 3.05) is 0 Å². The first-order chi connectivity index (χ1) is 14.9. The maximum atomic E-state index is 11.2. The first kappa shape index (κ1) is 21.5. The molecule has 2 aromatic carbocycles. The van der Waals surface area contributed by atoms with Crippen LogP contribution in [-0.4, -0.2) is 28.3 Å². The van der Waals surface area contributed by atoms with E-state index in [1.807, 2.05) is 36.4 Å². The van der Waals surface area contributed by atoms with Crippen molar-refractivity contribution in [3.05, 3.63) is 94.6 Å². The van der Waals surface area contributed by atoms with E-state index in [0.29, 0.717) is 23.8 Å². The van der Waals surface area contributed by atoms with Crippen molar-refractivity contribution in [3.8, 4) is 0 Å². The number of aliphatic hydroxyl groups is 2. The summed E-state index contributed by atoms with van der Waals surface area (Å²) in [6, 6.07) is 15.7. The molecule has 2 aromatic rings. The Bertz CT molecular complexity index is 992. The van der Waals surface area contributed by atoms with Crippen LogP contribution in [0.25, 0.3) is 0 Å². The summed E-state index contributed by atoms with van der Waals surface area (Å²) in [6.07, 6.45) is 8.49. The second-order valence-corrected chi connectivity index (χ2v) is 9.12. The van der Waals surface area contributed by atoms with Crippen molar-refractivity contribution in [1.29, 1.82) is 0 Å². The van der Waals surface area contributed by atoms with E-state index in [-0.39, 0.29) is 12.0 Å². The van der Waals surface area contributed by atoms with Gasteiger partial charge in [-0.25, -0.2) is 0 Å². The Balaban J connectivity index is 1.36. The molecule has 2 aliphatic rings. The molecule has 2 aliphatic carbocycles. The van der Waals surface area contributed by atoms with Gasteiger partial charge >= 0.3 is 0 Å². The second-order valence-electron chi connectivity index (χ2n) is 9.12. The molecular formula is C27H31NO3. The molecule has 4 nitrogen and oxygen atoms in total. The lowest BCUT2D eigenvalue weighted by molar-refractivity contribution is 0.1000. The van der Waals surface area contributed by atoms with Gasteiger partial charge in [-0.15, -0.1) is 0 Å². The van der Waals surface area contributed by atoms with E-state index in [1.54, 1.807) is 12.1 Å². The summed E-state index contributed by atoms with van der Waals surface area (Å²) in [5.41, 5.74) is 10.7. The predicted molar refractivity (Wildman–Crippen MR) is 122 cm³/mol. The minimum atomic E-state index is -0.550. The molecule has 0 bridgehead atoms. The number of nitrogens with two attached hydrogens (primary N) is 1. The SMILES string of the molecule is Cc1cccc(C[C@@H](O)C=C[C@@H]2[C@H]3CC(Cc4ccc(C(N)=O)cc4)=C[C@H]3C[C@H]2O)c1. The van der Waals surface area contributed by atoms with Crippen LogP contribution in [0.2, 0.25) is 0 Å². The lowest BCUT2D eigenvalue weighted by Gasteiger charge is -2.19. The molecule has 4 heteroatoms. The van der Waals surface area contributed by atoms with Crippen LogP contribution >= 0.6 is 0 Å². The van der Waals surface area contributed by atoms with Crippen molar-refractivity contribution < 1.29 is 15.0 Å². The Morgan fingerprint density at radius 2 is 1.97 bits per heavy atom. The number of rotatable bonds is 7. The number of hydrogen-bond donors (Lipinski definition) is 3. The molecule has 0 radical (unpaired) electrons. The summed E-state index contributed by atoms with van der Waals surface area (Å²) in [4.78, 5) is 11.2. The van der Waals surface area contributed by atoms with Gasteiger partial charge in [0.25, 0.3) is 0 Å². The Kier molecular flexibility index (Phi) is 6.40. The molecule has 162 valence electrons. The van der Waals surface area contributed by atoms with Crippen LogP contribution in [0, 0.1) is 24.7 Å². The van der Waals surface area contributed by atoms with Crippen LogP contribution in [0.15, 0.2) is 72.3 Å². The van der Waals surface area contributed by atoms with Crippen molar-refractivity contribution >= 4 is 5.91 Å². The molecular weight excluding hydrogens is 386 g/mol. The molecule has 4 rings (SSSR count). The summed E-state index contributed by atoms with van der Waals surface area (Å²) in [5, 5.41) is 21.1. The van der Waals surface area contributed by atoms with Gasteiger partial charge in [0.05, 0.1) is 12.2 Å². The summed E-state index contributed by atoms with van der Waals surface area (Å²) < 4.78 is 0. The highest BCUT2D eigenvalue weighted by atomic mass is 16.3. The predicted octanol–water partition coefficient (Wildman–Crippen LogP) is 3.74. The first-order valence-electron chi connectivity index (χ1n) is 11.1. The number of amides is 1. The van der Waals surface area contributed by atoms with Gasteiger partial charge in [0.2, 0.25) is 5.91 Å². The van der Waals surface area contributed by atoms with Crippen LogP contribution in [0.5, 0.6) is 0 Å². The molecule has 1 amide bonds. The molecule has 0 aromatic heterocycles. The normalized spacial score (nSPS) is 26.1. The Morgan fingerprint density at radius 3 is 2.68 bits per heavy atom. The average molecular weight is 418 g/mol. The lowest BCUT2D eigenvalue weighted by Crippen LogP contribution is -2.18. The third-order valence-corrected chi connectivity index (χ3v) is 6.70. The average Bonchev–Trinajstić information content (AvgIpc) is 3.23. The molecule has 31 heavy (non-hydrogen) atoms. The van der Waals surface area contributed by atoms with Gasteiger partial charge in [0.15, 0.2) is 0 Å². The van der Waals surface area contributed by atoms with Gasteiger partial charge in [-0.1, -0.05) is 65.8 Å². The number of allylic oxidation sites excluding steroid dienone is 2. The van der Waals surface area contributed by atoms with Crippen molar-refractivity contribution in [2.24, 2.45) is 23.5 Å². The fourth-order valence-electron chi connectivity index (χ4n) is 5.19. The van der Waals surface area contributed by atoms with Crippen LogP contribution < -0.4 is 5.73 Å². The Morgan fingerprint density at radius 1 is 1.19 bits per heavy atom. The number of aryl methyl sites for hydroxylation is 1. The smallest absolute Gasteiger partial charge is 0.248 e. The third-order valence-electron chi connectivity index (χ3n) is 6.70. The van der Waals surface area contributed by atoms with Gasteiger partial charge in [0, 0.05) is 17.9 Å². The van der Waals surface area contributed by atoms with Crippen LogP contribution in [0.4, 0.5) is 0 Å². The van der Waals surface area contributed by atoms with E-state index < -0.39 is 12.0 Å². The largest absolute Gasteiger partial charge is 0.392 e. The van der Waals surface area contributed by atoms with Crippen LogP contribution in [-0.2, 0) is 12.8 Å². The number of carbonyl (C=O) groups is 1.